The molecular formula is C24H31N3O4. The average Bonchev–Trinajstić information content (AvgIpc) is 3.48. The monoisotopic (exact) mass is 425 g/mol. The second kappa shape index (κ2) is 8.83. The Bertz CT molecular complexity index is 976. The zero-order valence-electron chi connectivity index (χ0n) is 18.2. The van der Waals surface area contributed by atoms with Gasteiger partial charge in [0, 0.05) is 22.7 Å². The van der Waals surface area contributed by atoms with Crippen molar-refractivity contribution in [2.45, 2.75) is 70.6 Å². The Labute approximate surface area is 182 Å². The number of Topliss-reactive ketones (excluding diaryl/α,β-unsaturated/α-hetero) is 1. The van der Waals surface area contributed by atoms with Gasteiger partial charge in [-0.2, -0.15) is 0 Å². The fourth-order valence-electron chi connectivity index (χ4n) is 4.93. The van der Waals surface area contributed by atoms with E-state index in [2.05, 4.69) is 22.5 Å². The Hall–Kier alpha value is -2.67. The molecule has 0 radical (unpaired) electrons. The van der Waals surface area contributed by atoms with Gasteiger partial charge in [0.2, 0.25) is 5.91 Å². The summed E-state index contributed by atoms with van der Waals surface area (Å²) in [5.74, 6) is -0.715. The van der Waals surface area contributed by atoms with Gasteiger partial charge in [-0.3, -0.25) is 14.4 Å². The molecule has 2 aromatic rings. The number of aromatic amines is 1. The molecule has 2 heterocycles. The fourth-order valence-corrected chi connectivity index (χ4v) is 4.93. The Morgan fingerprint density at radius 1 is 1.26 bits per heavy atom. The van der Waals surface area contributed by atoms with Crippen LogP contribution in [0.3, 0.4) is 0 Å². The van der Waals surface area contributed by atoms with Crippen LogP contribution in [0.15, 0.2) is 30.5 Å². The zero-order valence-corrected chi connectivity index (χ0v) is 18.2. The number of aromatic nitrogens is 1. The van der Waals surface area contributed by atoms with Gasteiger partial charge >= 0.3 is 0 Å². The van der Waals surface area contributed by atoms with Gasteiger partial charge in [-0.05, 0) is 55.4 Å². The first-order chi connectivity index (χ1) is 14.9. The molecule has 7 heteroatoms. The minimum Gasteiger partial charge on any atom is -0.368 e. The van der Waals surface area contributed by atoms with E-state index in [1.807, 2.05) is 31.3 Å². The lowest BCUT2D eigenvalue weighted by Gasteiger charge is -2.30. The highest BCUT2D eigenvalue weighted by molar-refractivity contribution is 6.01. The maximum absolute atomic E-state index is 13.2. The van der Waals surface area contributed by atoms with E-state index in [0.717, 1.165) is 36.6 Å². The lowest BCUT2D eigenvalue weighted by molar-refractivity contribution is -0.128. The lowest BCUT2D eigenvalue weighted by Crippen LogP contribution is -2.54. The van der Waals surface area contributed by atoms with E-state index in [4.69, 9.17) is 4.74 Å². The summed E-state index contributed by atoms with van der Waals surface area (Å²) in [7, 11) is 0. The number of ketones is 1. The summed E-state index contributed by atoms with van der Waals surface area (Å²) in [4.78, 5) is 41.6. The molecule has 7 nitrogen and oxygen atoms in total. The number of rotatable bonds is 7. The second-order valence-electron chi connectivity index (χ2n) is 9.24. The molecule has 3 N–H and O–H groups in total. The topological polar surface area (TPSA) is 100 Å². The van der Waals surface area contributed by atoms with Gasteiger partial charge in [0.25, 0.3) is 5.91 Å². The van der Waals surface area contributed by atoms with E-state index in [1.54, 1.807) is 6.07 Å². The van der Waals surface area contributed by atoms with Crippen LogP contribution >= 0.6 is 0 Å². The molecule has 1 aromatic heterocycles. The molecule has 4 rings (SSSR count). The highest BCUT2D eigenvalue weighted by atomic mass is 16.5. The van der Waals surface area contributed by atoms with Crippen LogP contribution in [0.25, 0.3) is 10.9 Å². The molecule has 31 heavy (non-hydrogen) atoms. The van der Waals surface area contributed by atoms with Crippen LogP contribution in [0.1, 0.15) is 62.7 Å². The average molecular weight is 426 g/mol. The van der Waals surface area contributed by atoms with E-state index in [0.29, 0.717) is 18.4 Å². The molecule has 3 atom stereocenters. The van der Waals surface area contributed by atoms with Gasteiger partial charge in [-0.25, -0.2) is 0 Å². The minimum absolute atomic E-state index is 0.000220. The van der Waals surface area contributed by atoms with Crippen LogP contribution < -0.4 is 10.6 Å². The largest absolute Gasteiger partial charge is 0.368 e. The lowest BCUT2D eigenvalue weighted by atomic mass is 9.81. The molecule has 1 aliphatic heterocycles. The highest BCUT2D eigenvalue weighted by Gasteiger charge is 2.39. The normalized spacial score (nSPS) is 23.7. The van der Waals surface area contributed by atoms with Gasteiger partial charge in [-0.1, -0.05) is 26.7 Å². The first-order valence-corrected chi connectivity index (χ1v) is 11.2. The predicted molar refractivity (Wildman–Crippen MR) is 118 cm³/mol. The Kier molecular flexibility index (Phi) is 6.14. The molecule has 2 amide bonds. The van der Waals surface area contributed by atoms with E-state index in [9.17, 15) is 14.4 Å². The van der Waals surface area contributed by atoms with Crippen molar-refractivity contribution in [3.05, 3.63) is 36.0 Å². The maximum Gasteiger partial charge on any atom is 0.251 e. The van der Waals surface area contributed by atoms with Gasteiger partial charge in [0.1, 0.15) is 18.7 Å². The van der Waals surface area contributed by atoms with Gasteiger partial charge in [-0.15, -0.1) is 0 Å². The first-order valence-electron chi connectivity index (χ1n) is 11.2. The van der Waals surface area contributed by atoms with Crippen LogP contribution in [0.4, 0.5) is 0 Å². The van der Waals surface area contributed by atoms with Crippen LogP contribution in [0.2, 0.25) is 0 Å². The summed E-state index contributed by atoms with van der Waals surface area (Å²) in [5, 5.41) is 6.76. The SMILES string of the molecule is CC[C@@H]1OCC(=O)C1NC(=O)[C@H](CC1(C)CCCC1)NC(=O)c1ccc2[nH]ccc2c1. The van der Waals surface area contributed by atoms with Crippen molar-refractivity contribution < 1.29 is 19.1 Å². The molecule has 1 aliphatic carbocycles. The van der Waals surface area contributed by atoms with Crippen molar-refractivity contribution in [1.29, 1.82) is 0 Å². The molecule has 166 valence electrons. The quantitative estimate of drug-likeness (QED) is 0.635. The number of nitrogens with one attached hydrogen (secondary N) is 3. The van der Waals surface area contributed by atoms with E-state index < -0.39 is 12.1 Å². The standard InChI is InChI=1S/C24H31N3O4/c1-3-20-21(19(28)14-31-20)27-23(30)18(13-24(2)9-4-5-10-24)26-22(29)16-6-7-17-15(12-16)8-11-25-17/h6-8,11-12,18,20-21,25H,3-5,9-10,13-14H2,1-2H3,(H,26,29)(H,27,30)/t18-,20-,21?/m0/s1. The maximum atomic E-state index is 13.2. The van der Waals surface area contributed by atoms with Crippen molar-refractivity contribution in [2.75, 3.05) is 6.61 Å². The number of carbonyl (C=O) groups excluding carboxylic acids is 3. The number of ether oxygens (including phenoxy) is 1. The summed E-state index contributed by atoms with van der Waals surface area (Å²) in [5.41, 5.74) is 1.46. The number of carbonyl (C=O) groups is 3. The number of benzene rings is 1. The summed E-state index contributed by atoms with van der Waals surface area (Å²) in [6.07, 6.45) is 7.04. The summed E-state index contributed by atoms with van der Waals surface area (Å²) < 4.78 is 5.49. The smallest absolute Gasteiger partial charge is 0.251 e. The van der Waals surface area contributed by atoms with E-state index >= 15 is 0 Å². The van der Waals surface area contributed by atoms with Crippen LogP contribution in [-0.4, -0.2) is 47.4 Å². The molecule has 1 saturated carbocycles. The molecule has 0 bridgehead atoms. The van der Waals surface area contributed by atoms with Gasteiger partial charge in [0.15, 0.2) is 5.78 Å². The van der Waals surface area contributed by atoms with Crippen LogP contribution in [0.5, 0.6) is 0 Å². The third-order valence-corrected chi connectivity index (χ3v) is 6.80. The van der Waals surface area contributed by atoms with Gasteiger partial charge < -0.3 is 20.4 Å². The van der Waals surface area contributed by atoms with Crippen molar-refractivity contribution in [2.24, 2.45) is 5.41 Å². The highest BCUT2D eigenvalue weighted by Crippen LogP contribution is 2.41. The van der Waals surface area contributed by atoms with E-state index in [-0.39, 0.29) is 35.7 Å². The minimum atomic E-state index is -0.705. The number of hydrogen-bond donors (Lipinski definition) is 3. The number of amides is 2. The van der Waals surface area contributed by atoms with Crippen molar-refractivity contribution in [3.8, 4) is 0 Å². The molecule has 0 spiro atoms. The van der Waals surface area contributed by atoms with Crippen LogP contribution in [0, 0.1) is 5.41 Å². The van der Waals surface area contributed by atoms with Crippen molar-refractivity contribution in [1.82, 2.24) is 15.6 Å². The summed E-state index contributed by atoms with van der Waals surface area (Å²) in [6, 6.07) is 5.98. The molecule has 2 fully saturated rings. The number of fused-ring (bicyclic) bond motifs is 1. The van der Waals surface area contributed by atoms with Crippen molar-refractivity contribution >= 4 is 28.5 Å². The molecular weight excluding hydrogens is 394 g/mol. The summed E-state index contributed by atoms with van der Waals surface area (Å²) in [6.45, 7) is 4.13. The third kappa shape index (κ3) is 4.66. The Morgan fingerprint density at radius 3 is 2.77 bits per heavy atom. The van der Waals surface area contributed by atoms with Crippen LogP contribution in [-0.2, 0) is 14.3 Å². The molecule has 1 unspecified atom stereocenters. The number of H-pyrrole nitrogens is 1. The van der Waals surface area contributed by atoms with E-state index in [1.165, 1.54) is 0 Å². The predicted octanol–water partition coefficient (Wildman–Crippen LogP) is 3.10. The molecule has 1 aromatic carbocycles. The fraction of sp³-hybridized carbons (Fsp3) is 0.542. The summed E-state index contributed by atoms with van der Waals surface area (Å²) >= 11 is 0. The first kappa shape index (κ1) is 21.6. The zero-order chi connectivity index (χ0) is 22.0. The number of hydrogen-bond acceptors (Lipinski definition) is 4. The second-order valence-corrected chi connectivity index (χ2v) is 9.24. The van der Waals surface area contributed by atoms with Gasteiger partial charge in [0.05, 0.1) is 6.10 Å². The third-order valence-electron chi connectivity index (χ3n) is 6.80. The van der Waals surface area contributed by atoms with Crippen molar-refractivity contribution in [3.63, 3.8) is 0 Å². The Morgan fingerprint density at radius 2 is 2.03 bits per heavy atom. The molecule has 2 aliphatic rings. The molecule has 1 saturated heterocycles. The Balaban J connectivity index is 1.52.